The number of aromatic nitrogens is 3. The molecule has 1 aromatic heterocycles. The number of piperidine rings is 1. The van der Waals surface area contributed by atoms with Gasteiger partial charge in [-0.1, -0.05) is 12.1 Å². The van der Waals surface area contributed by atoms with Gasteiger partial charge >= 0.3 is 0 Å². The van der Waals surface area contributed by atoms with E-state index < -0.39 is 0 Å². The highest BCUT2D eigenvalue weighted by atomic mass is 19.1. The Bertz CT molecular complexity index is 553. The SMILES string of the molecule is Fc1ccc(CCC2CCCN(CCn3cncn3)C2)cc1. The van der Waals surface area contributed by atoms with Crippen LogP contribution in [0.1, 0.15) is 24.8 Å². The number of halogens is 1. The molecule has 1 aromatic carbocycles. The Hall–Kier alpha value is -1.75. The van der Waals surface area contributed by atoms with E-state index in [9.17, 15) is 4.39 Å². The molecular weight excluding hydrogens is 279 g/mol. The highest BCUT2D eigenvalue weighted by Gasteiger charge is 2.19. The van der Waals surface area contributed by atoms with Gasteiger partial charge < -0.3 is 4.90 Å². The summed E-state index contributed by atoms with van der Waals surface area (Å²) in [6, 6.07) is 6.92. The summed E-state index contributed by atoms with van der Waals surface area (Å²) in [7, 11) is 0. The quantitative estimate of drug-likeness (QED) is 0.823. The molecular formula is C17H23FN4. The molecule has 0 saturated carbocycles. The molecule has 5 heteroatoms. The fourth-order valence-corrected chi connectivity index (χ4v) is 3.20. The Balaban J connectivity index is 1.43. The number of benzene rings is 1. The minimum absolute atomic E-state index is 0.152. The van der Waals surface area contributed by atoms with E-state index in [1.54, 1.807) is 24.8 Å². The van der Waals surface area contributed by atoms with Crippen LogP contribution in [0.5, 0.6) is 0 Å². The topological polar surface area (TPSA) is 34.0 Å². The normalized spacial score (nSPS) is 19.4. The number of hydrogen-bond donors (Lipinski definition) is 0. The second kappa shape index (κ2) is 7.49. The Labute approximate surface area is 131 Å². The lowest BCUT2D eigenvalue weighted by Gasteiger charge is -2.32. The molecule has 3 rings (SSSR count). The van der Waals surface area contributed by atoms with Crippen LogP contribution in [0.3, 0.4) is 0 Å². The second-order valence-corrected chi connectivity index (χ2v) is 6.13. The zero-order valence-corrected chi connectivity index (χ0v) is 12.9. The molecule has 2 heterocycles. The summed E-state index contributed by atoms with van der Waals surface area (Å²) < 4.78 is 14.8. The molecule has 0 amide bonds. The largest absolute Gasteiger partial charge is 0.301 e. The Morgan fingerprint density at radius 2 is 2.05 bits per heavy atom. The van der Waals surface area contributed by atoms with Crippen LogP contribution in [0, 0.1) is 11.7 Å². The van der Waals surface area contributed by atoms with Gasteiger partial charge in [-0.2, -0.15) is 5.10 Å². The van der Waals surface area contributed by atoms with Crippen molar-refractivity contribution in [1.29, 1.82) is 0 Å². The lowest BCUT2D eigenvalue weighted by molar-refractivity contribution is 0.162. The van der Waals surface area contributed by atoms with Gasteiger partial charge in [-0.3, -0.25) is 4.68 Å². The van der Waals surface area contributed by atoms with Crippen LogP contribution in [0.2, 0.25) is 0 Å². The minimum Gasteiger partial charge on any atom is -0.301 e. The Kier molecular flexibility index (Phi) is 5.16. The molecule has 1 fully saturated rings. The van der Waals surface area contributed by atoms with Crippen LogP contribution in [0.15, 0.2) is 36.9 Å². The zero-order valence-electron chi connectivity index (χ0n) is 12.9. The first-order chi connectivity index (χ1) is 10.8. The van der Waals surface area contributed by atoms with Crippen molar-refractivity contribution in [1.82, 2.24) is 19.7 Å². The first-order valence-electron chi connectivity index (χ1n) is 8.09. The highest BCUT2D eigenvalue weighted by Crippen LogP contribution is 2.21. The van der Waals surface area contributed by atoms with Gasteiger partial charge in [0.2, 0.25) is 0 Å². The van der Waals surface area contributed by atoms with E-state index in [1.807, 2.05) is 16.8 Å². The van der Waals surface area contributed by atoms with Crippen molar-refractivity contribution in [2.45, 2.75) is 32.2 Å². The van der Waals surface area contributed by atoms with Crippen molar-refractivity contribution < 1.29 is 4.39 Å². The van der Waals surface area contributed by atoms with Gasteiger partial charge in [0, 0.05) is 13.1 Å². The third-order valence-corrected chi connectivity index (χ3v) is 4.47. The third kappa shape index (κ3) is 4.37. The number of aryl methyl sites for hydroxylation is 1. The third-order valence-electron chi connectivity index (χ3n) is 4.47. The van der Waals surface area contributed by atoms with E-state index in [4.69, 9.17) is 0 Å². The van der Waals surface area contributed by atoms with E-state index in [1.165, 1.54) is 31.4 Å². The summed E-state index contributed by atoms with van der Waals surface area (Å²) in [4.78, 5) is 6.50. The smallest absolute Gasteiger partial charge is 0.137 e. The molecule has 4 nitrogen and oxygen atoms in total. The van der Waals surface area contributed by atoms with Crippen LogP contribution in [-0.4, -0.2) is 39.3 Å². The molecule has 2 aromatic rings. The van der Waals surface area contributed by atoms with Crippen molar-refractivity contribution >= 4 is 0 Å². The van der Waals surface area contributed by atoms with Crippen LogP contribution in [-0.2, 0) is 13.0 Å². The zero-order chi connectivity index (χ0) is 15.2. The molecule has 0 spiro atoms. The van der Waals surface area contributed by atoms with Gasteiger partial charge in [-0.05, 0) is 55.8 Å². The molecule has 1 saturated heterocycles. The van der Waals surface area contributed by atoms with Gasteiger partial charge in [0.05, 0.1) is 6.54 Å². The number of hydrogen-bond acceptors (Lipinski definition) is 3. The van der Waals surface area contributed by atoms with E-state index in [0.29, 0.717) is 0 Å². The summed E-state index contributed by atoms with van der Waals surface area (Å²) in [5.74, 6) is 0.593. The van der Waals surface area contributed by atoms with Crippen LogP contribution >= 0.6 is 0 Å². The fourth-order valence-electron chi connectivity index (χ4n) is 3.20. The molecule has 22 heavy (non-hydrogen) atoms. The summed E-state index contributed by atoms with van der Waals surface area (Å²) in [6.07, 6.45) is 8.16. The van der Waals surface area contributed by atoms with Crippen molar-refractivity contribution in [2.24, 2.45) is 5.92 Å². The molecule has 1 aliphatic rings. The average Bonchev–Trinajstić information content (AvgIpc) is 3.06. The van der Waals surface area contributed by atoms with Crippen molar-refractivity contribution in [3.63, 3.8) is 0 Å². The van der Waals surface area contributed by atoms with Gasteiger partial charge in [0.25, 0.3) is 0 Å². The minimum atomic E-state index is -0.152. The monoisotopic (exact) mass is 302 g/mol. The van der Waals surface area contributed by atoms with E-state index >= 15 is 0 Å². The van der Waals surface area contributed by atoms with E-state index in [0.717, 1.165) is 32.0 Å². The molecule has 1 unspecified atom stereocenters. The summed E-state index contributed by atoms with van der Waals surface area (Å²) in [5.41, 5.74) is 1.24. The lowest BCUT2D eigenvalue weighted by atomic mass is 9.91. The van der Waals surface area contributed by atoms with E-state index in [2.05, 4.69) is 15.0 Å². The summed E-state index contributed by atoms with van der Waals surface area (Å²) >= 11 is 0. The first kappa shape index (κ1) is 15.2. The van der Waals surface area contributed by atoms with Crippen LogP contribution in [0.4, 0.5) is 4.39 Å². The van der Waals surface area contributed by atoms with E-state index in [-0.39, 0.29) is 5.82 Å². The van der Waals surface area contributed by atoms with Gasteiger partial charge in [-0.15, -0.1) is 0 Å². The standard InChI is InChI=1S/C17H23FN4/c18-17-7-5-15(6-8-17)3-4-16-2-1-9-21(12-16)10-11-22-14-19-13-20-22/h5-8,13-14,16H,1-4,9-12H2. The predicted octanol–water partition coefficient (Wildman–Crippen LogP) is 2.76. The summed E-state index contributed by atoms with van der Waals surface area (Å²) in [5, 5.41) is 4.15. The number of rotatable bonds is 6. The molecule has 0 bridgehead atoms. The van der Waals surface area contributed by atoms with Crippen molar-refractivity contribution in [3.8, 4) is 0 Å². The summed E-state index contributed by atoms with van der Waals surface area (Å²) in [6.45, 7) is 4.29. The number of likely N-dealkylation sites (tertiary alicyclic amines) is 1. The average molecular weight is 302 g/mol. The first-order valence-corrected chi connectivity index (χ1v) is 8.09. The van der Waals surface area contributed by atoms with Crippen molar-refractivity contribution in [2.75, 3.05) is 19.6 Å². The van der Waals surface area contributed by atoms with Gasteiger partial charge in [0.1, 0.15) is 18.5 Å². The fraction of sp³-hybridized carbons (Fsp3) is 0.529. The molecule has 0 radical (unpaired) electrons. The van der Waals surface area contributed by atoms with Crippen LogP contribution in [0.25, 0.3) is 0 Å². The maximum Gasteiger partial charge on any atom is 0.137 e. The molecule has 0 N–H and O–H groups in total. The van der Waals surface area contributed by atoms with Crippen LogP contribution < -0.4 is 0 Å². The number of nitrogens with zero attached hydrogens (tertiary/aromatic N) is 4. The molecule has 1 atom stereocenters. The molecule has 0 aliphatic carbocycles. The maximum absolute atomic E-state index is 12.9. The Morgan fingerprint density at radius 3 is 2.82 bits per heavy atom. The maximum atomic E-state index is 12.9. The molecule has 1 aliphatic heterocycles. The predicted molar refractivity (Wildman–Crippen MR) is 83.9 cm³/mol. The second-order valence-electron chi connectivity index (χ2n) is 6.13. The van der Waals surface area contributed by atoms with Gasteiger partial charge in [0.15, 0.2) is 0 Å². The highest BCUT2D eigenvalue weighted by molar-refractivity contribution is 5.16. The lowest BCUT2D eigenvalue weighted by Crippen LogP contribution is -2.37. The molecule has 118 valence electrons. The Morgan fingerprint density at radius 1 is 1.18 bits per heavy atom. The van der Waals surface area contributed by atoms with Gasteiger partial charge in [-0.25, -0.2) is 9.37 Å². The van der Waals surface area contributed by atoms with Crippen molar-refractivity contribution in [3.05, 3.63) is 48.3 Å².